The highest BCUT2D eigenvalue weighted by molar-refractivity contribution is 6.32. The van der Waals surface area contributed by atoms with E-state index >= 15 is 0 Å². The molecule has 0 bridgehead atoms. The van der Waals surface area contributed by atoms with Gasteiger partial charge in [-0.3, -0.25) is 0 Å². The van der Waals surface area contributed by atoms with Crippen LogP contribution in [0.25, 0.3) is 0 Å². The normalized spacial score (nSPS) is 15.0. The summed E-state index contributed by atoms with van der Waals surface area (Å²) in [5.41, 5.74) is 1.83. The fourth-order valence-electron chi connectivity index (χ4n) is 2.92. The molecule has 0 aliphatic carbocycles. The van der Waals surface area contributed by atoms with E-state index in [0.29, 0.717) is 10.8 Å². The fourth-order valence-corrected chi connectivity index (χ4v) is 3.18. The Labute approximate surface area is 148 Å². The largest absolute Gasteiger partial charge is 0.495 e. The van der Waals surface area contributed by atoms with Gasteiger partial charge in [0.2, 0.25) is 5.95 Å². The quantitative estimate of drug-likeness (QED) is 0.878. The molecule has 0 atom stereocenters. The molecule has 2 heterocycles. The molecule has 1 aliphatic rings. The number of ether oxygens (including phenoxy) is 1. The van der Waals surface area contributed by atoms with Gasteiger partial charge in [0.15, 0.2) is 0 Å². The van der Waals surface area contributed by atoms with E-state index in [9.17, 15) is 0 Å². The first-order chi connectivity index (χ1) is 11.7. The topological polar surface area (TPSA) is 50.3 Å². The molecule has 0 spiro atoms. The minimum atomic E-state index is 0.570. The summed E-state index contributed by atoms with van der Waals surface area (Å²) < 4.78 is 5.19. The lowest BCUT2D eigenvalue weighted by atomic mass is 10.2. The molecule has 6 heteroatoms. The number of anilines is 3. The Morgan fingerprint density at radius 3 is 2.50 bits per heavy atom. The molecule has 1 saturated heterocycles. The first-order valence-electron chi connectivity index (χ1n) is 8.37. The predicted octanol–water partition coefficient (Wildman–Crippen LogP) is 4.57. The van der Waals surface area contributed by atoms with Crippen LogP contribution in [0.2, 0.25) is 5.02 Å². The Hall–Kier alpha value is -2.01. The van der Waals surface area contributed by atoms with Crippen LogP contribution < -0.4 is 15.0 Å². The van der Waals surface area contributed by atoms with E-state index in [0.717, 1.165) is 36.2 Å². The molecule has 0 amide bonds. The van der Waals surface area contributed by atoms with Crippen LogP contribution in [0.4, 0.5) is 17.5 Å². The van der Waals surface area contributed by atoms with Crippen molar-refractivity contribution >= 4 is 29.1 Å². The Morgan fingerprint density at radius 2 is 1.83 bits per heavy atom. The Balaban J connectivity index is 1.81. The highest BCUT2D eigenvalue weighted by Crippen LogP contribution is 2.29. The summed E-state index contributed by atoms with van der Waals surface area (Å²) in [7, 11) is 1.61. The van der Waals surface area contributed by atoms with E-state index in [1.165, 1.54) is 25.7 Å². The van der Waals surface area contributed by atoms with Crippen LogP contribution in [0.3, 0.4) is 0 Å². The summed E-state index contributed by atoms with van der Waals surface area (Å²) in [5.74, 6) is 2.24. The zero-order chi connectivity index (χ0) is 16.9. The molecule has 128 valence electrons. The van der Waals surface area contributed by atoms with Crippen molar-refractivity contribution in [2.75, 3.05) is 30.4 Å². The van der Waals surface area contributed by atoms with E-state index in [4.69, 9.17) is 21.3 Å². The molecule has 1 aromatic heterocycles. The molecule has 1 N–H and O–H groups in total. The second-order valence-corrected chi connectivity index (χ2v) is 6.48. The van der Waals surface area contributed by atoms with E-state index in [-0.39, 0.29) is 0 Å². The third-order valence-corrected chi connectivity index (χ3v) is 4.45. The van der Waals surface area contributed by atoms with Crippen LogP contribution in [-0.2, 0) is 0 Å². The first kappa shape index (κ1) is 16.8. The number of methoxy groups -OCH3 is 1. The average Bonchev–Trinajstić information content (AvgIpc) is 2.84. The SMILES string of the molecule is COc1ccc(Nc2cc(C)nc(N3CCCCCC3)n2)cc1Cl. The third-order valence-electron chi connectivity index (χ3n) is 4.16. The maximum Gasteiger partial charge on any atom is 0.227 e. The van der Waals surface area contributed by atoms with Crippen molar-refractivity contribution in [1.82, 2.24) is 9.97 Å². The smallest absolute Gasteiger partial charge is 0.227 e. The standard InChI is InChI=1S/C18H23ClN4O/c1-13-11-17(21-14-7-8-16(24-2)15(19)12-14)22-18(20-13)23-9-5-3-4-6-10-23/h7-8,11-12H,3-6,9-10H2,1-2H3,(H,20,21,22). The van der Waals surface area contributed by atoms with Crippen molar-refractivity contribution in [2.24, 2.45) is 0 Å². The average molecular weight is 347 g/mol. The van der Waals surface area contributed by atoms with Crippen LogP contribution in [-0.4, -0.2) is 30.2 Å². The highest BCUT2D eigenvalue weighted by Gasteiger charge is 2.14. The van der Waals surface area contributed by atoms with Crippen molar-refractivity contribution in [1.29, 1.82) is 0 Å². The summed E-state index contributed by atoms with van der Waals surface area (Å²) in [6, 6.07) is 7.55. The number of nitrogens with one attached hydrogen (secondary N) is 1. The summed E-state index contributed by atoms with van der Waals surface area (Å²) in [4.78, 5) is 11.6. The van der Waals surface area contributed by atoms with E-state index in [1.54, 1.807) is 7.11 Å². The molecule has 3 rings (SSSR count). The number of rotatable bonds is 4. The van der Waals surface area contributed by atoms with Crippen molar-refractivity contribution in [2.45, 2.75) is 32.6 Å². The van der Waals surface area contributed by atoms with Crippen LogP contribution in [0.15, 0.2) is 24.3 Å². The Bertz CT molecular complexity index is 699. The first-order valence-corrected chi connectivity index (χ1v) is 8.75. The second kappa shape index (κ2) is 7.71. The van der Waals surface area contributed by atoms with Gasteiger partial charge in [0.25, 0.3) is 0 Å². The number of hydrogen-bond donors (Lipinski definition) is 1. The van der Waals surface area contributed by atoms with E-state index in [1.807, 2.05) is 31.2 Å². The Kier molecular flexibility index (Phi) is 5.41. The second-order valence-electron chi connectivity index (χ2n) is 6.07. The van der Waals surface area contributed by atoms with Crippen LogP contribution >= 0.6 is 11.6 Å². The summed E-state index contributed by atoms with van der Waals surface area (Å²) in [6.45, 7) is 4.05. The van der Waals surface area contributed by atoms with E-state index < -0.39 is 0 Å². The van der Waals surface area contributed by atoms with Gasteiger partial charge in [-0.1, -0.05) is 24.4 Å². The maximum atomic E-state index is 6.19. The van der Waals surface area contributed by atoms with Crippen LogP contribution in [0, 0.1) is 6.92 Å². The molecule has 5 nitrogen and oxygen atoms in total. The van der Waals surface area contributed by atoms with Gasteiger partial charge < -0.3 is 15.0 Å². The lowest BCUT2D eigenvalue weighted by molar-refractivity contribution is 0.415. The fraction of sp³-hybridized carbons (Fsp3) is 0.444. The summed E-state index contributed by atoms with van der Waals surface area (Å²) >= 11 is 6.19. The molecule has 0 radical (unpaired) electrons. The molecule has 1 aliphatic heterocycles. The third kappa shape index (κ3) is 4.09. The molecular formula is C18H23ClN4O. The molecule has 2 aromatic rings. The van der Waals surface area contributed by atoms with Gasteiger partial charge >= 0.3 is 0 Å². The molecule has 0 saturated carbocycles. The minimum absolute atomic E-state index is 0.570. The van der Waals surface area contributed by atoms with Gasteiger partial charge in [0.05, 0.1) is 12.1 Å². The number of nitrogens with zero attached hydrogens (tertiary/aromatic N) is 3. The molecule has 24 heavy (non-hydrogen) atoms. The number of hydrogen-bond acceptors (Lipinski definition) is 5. The van der Waals surface area contributed by atoms with Gasteiger partial charge in [-0.25, -0.2) is 4.98 Å². The number of aromatic nitrogens is 2. The highest BCUT2D eigenvalue weighted by atomic mass is 35.5. The summed E-state index contributed by atoms with van der Waals surface area (Å²) in [5, 5.41) is 3.88. The van der Waals surface area contributed by atoms with Gasteiger partial charge in [0.1, 0.15) is 11.6 Å². The lowest BCUT2D eigenvalue weighted by Crippen LogP contribution is -2.26. The number of halogens is 1. The van der Waals surface area contributed by atoms with E-state index in [2.05, 4.69) is 15.2 Å². The maximum absolute atomic E-state index is 6.19. The van der Waals surface area contributed by atoms with Crippen LogP contribution in [0.1, 0.15) is 31.4 Å². The molecular weight excluding hydrogens is 324 g/mol. The van der Waals surface area contributed by atoms with Gasteiger partial charge in [0, 0.05) is 30.5 Å². The van der Waals surface area contributed by atoms with Crippen LogP contribution in [0.5, 0.6) is 5.75 Å². The van der Waals surface area contributed by atoms with Gasteiger partial charge in [-0.15, -0.1) is 0 Å². The van der Waals surface area contributed by atoms with Crippen molar-refractivity contribution in [3.63, 3.8) is 0 Å². The monoisotopic (exact) mass is 346 g/mol. The van der Waals surface area contributed by atoms with Crippen molar-refractivity contribution < 1.29 is 4.74 Å². The lowest BCUT2D eigenvalue weighted by Gasteiger charge is -2.21. The number of benzene rings is 1. The summed E-state index contributed by atoms with van der Waals surface area (Å²) in [6.07, 6.45) is 4.98. The molecule has 1 fully saturated rings. The molecule has 0 unspecified atom stereocenters. The van der Waals surface area contributed by atoms with Gasteiger partial charge in [-0.05, 0) is 38.0 Å². The number of aryl methyl sites for hydroxylation is 1. The Morgan fingerprint density at radius 1 is 1.08 bits per heavy atom. The van der Waals surface area contributed by atoms with Gasteiger partial charge in [-0.2, -0.15) is 4.98 Å². The van der Waals surface area contributed by atoms with Crippen molar-refractivity contribution in [3.8, 4) is 5.75 Å². The molecule has 1 aromatic carbocycles. The zero-order valence-corrected chi connectivity index (χ0v) is 14.9. The predicted molar refractivity (Wildman–Crippen MR) is 98.7 cm³/mol. The van der Waals surface area contributed by atoms with Crippen molar-refractivity contribution in [3.05, 3.63) is 35.0 Å². The minimum Gasteiger partial charge on any atom is -0.495 e. The zero-order valence-electron chi connectivity index (χ0n) is 14.2.